The first-order valence-corrected chi connectivity index (χ1v) is 14.2. The first-order chi connectivity index (χ1) is 19.9. The van der Waals surface area contributed by atoms with Crippen molar-refractivity contribution in [1.82, 2.24) is 9.66 Å². The third-order valence-corrected chi connectivity index (χ3v) is 7.88. The van der Waals surface area contributed by atoms with Crippen molar-refractivity contribution in [2.45, 2.75) is 6.61 Å². The van der Waals surface area contributed by atoms with Crippen molar-refractivity contribution in [3.63, 3.8) is 0 Å². The van der Waals surface area contributed by atoms with Crippen LogP contribution in [-0.2, 0) is 6.61 Å². The van der Waals surface area contributed by atoms with E-state index in [0.29, 0.717) is 55.2 Å². The van der Waals surface area contributed by atoms with Crippen molar-refractivity contribution in [2.24, 2.45) is 5.10 Å². The Morgan fingerprint density at radius 2 is 1.80 bits per heavy atom. The van der Waals surface area contributed by atoms with Gasteiger partial charge in [-0.2, -0.15) is 9.78 Å². The molecule has 0 aliphatic heterocycles. The van der Waals surface area contributed by atoms with Crippen LogP contribution in [0.25, 0.3) is 33.5 Å². The van der Waals surface area contributed by atoms with E-state index in [1.807, 2.05) is 48.5 Å². The van der Waals surface area contributed by atoms with E-state index in [1.54, 1.807) is 49.7 Å². The van der Waals surface area contributed by atoms with Crippen LogP contribution in [-0.4, -0.2) is 23.0 Å². The predicted molar refractivity (Wildman–Crippen MR) is 171 cm³/mol. The van der Waals surface area contributed by atoms with Gasteiger partial charge in [0.25, 0.3) is 5.56 Å². The Bertz CT molecular complexity index is 1990. The fraction of sp³-hybridized carbons (Fsp3) is 0.0645. The Labute approximate surface area is 258 Å². The smallest absolute Gasteiger partial charge is 0.282 e. The number of fused-ring (bicyclic) bond motifs is 2. The zero-order chi connectivity index (χ0) is 28.5. The number of ether oxygens (including phenoxy) is 2. The minimum atomic E-state index is -0.314. The van der Waals surface area contributed by atoms with Gasteiger partial charge in [-0.15, -0.1) is 0 Å². The monoisotopic (exact) mass is 695 g/mol. The lowest BCUT2D eigenvalue weighted by molar-refractivity contribution is 0.282. The van der Waals surface area contributed by atoms with Gasteiger partial charge in [0, 0.05) is 5.39 Å². The summed E-state index contributed by atoms with van der Waals surface area (Å²) in [5.74, 6) is 1.82. The Kier molecular flexibility index (Phi) is 7.70. The van der Waals surface area contributed by atoms with Crippen LogP contribution in [0.15, 0.2) is 99.2 Å². The molecule has 4 aromatic carbocycles. The molecule has 0 radical (unpaired) electrons. The second-order valence-corrected chi connectivity index (χ2v) is 11.0. The van der Waals surface area contributed by atoms with E-state index in [0.717, 1.165) is 14.5 Å². The number of methoxy groups -OCH3 is 1. The van der Waals surface area contributed by atoms with Crippen LogP contribution in [0.4, 0.5) is 0 Å². The van der Waals surface area contributed by atoms with Gasteiger partial charge < -0.3 is 13.9 Å². The highest BCUT2D eigenvalue weighted by atomic mass is 127. The number of nitrogens with zero attached hydrogens (tertiary/aromatic N) is 3. The van der Waals surface area contributed by atoms with E-state index in [1.165, 1.54) is 4.68 Å². The number of hydrogen-bond donors (Lipinski definition) is 0. The fourth-order valence-corrected chi connectivity index (χ4v) is 5.45. The second-order valence-electron chi connectivity index (χ2n) is 9.03. The van der Waals surface area contributed by atoms with Gasteiger partial charge in [0.15, 0.2) is 17.3 Å². The largest absolute Gasteiger partial charge is 0.493 e. The molecule has 0 saturated heterocycles. The number of rotatable bonds is 7. The molecular weight excluding hydrogens is 676 g/mol. The van der Waals surface area contributed by atoms with Crippen LogP contribution in [0, 0.1) is 3.57 Å². The minimum Gasteiger partial charge on any atom is -0.493 e. The maximum absolute atomic E-state index is 13.6. The van der Waals surface area contributed by atoms with Crippen LogP contribution in [0.3, 0.4) is 0 Å². The fourth-order valence-electron chi connectivity index (χ4n) is 4.35. The summed E-state index contributed by atoms with van der Waals surface area (Å²) in [6.45, 7) is 0.274. The molecule has 10 heteroatoms. The molecule has 41 heavy (non-hydrogen) atoms. The summed E-state index contributed by atoms with van der Waals surface area (Å²) in [5, 5.41) is 6.85. The molecule has 0 aliphatic carbocycles. The zero-order valence-electron chi connectivity index (χ0n) is 21.5. The number of benzene rings is 4. The minimum absolute atomic E-state index is 0.274. The summed E-state index contributed by atoms with van der Waals surface area (Å²) >= 11 is 14.3. The van der Waals surface area contributed by atoms with Crippen molar-refractivity contribution >= 4 is 73.9 Å². The summed E-state index contributed by atoms with van der Waals surface area (Å²) in [5.41, 5.74) is 2.49. The molecule has 0 spiro atoms. The third-order valence-electron chi connectivity index (χ3n) is 6.34. The number of para-hydroxylation sites is 2. The van der Waals surface area contributed by atoms with E-state index in [2.05, 4.69) is 27.7 Å². The van der Waals surface area contributed by atoms with E-state index in [4.69, 9.17) is 42.1 Å². The van der Waals surface area contributed by atoms with E-state index in [9.17, 15) is 4.79 Å². The first-order valence-electron chi connectivity index (χ1n) is 12.4. The summed E-state index contributed by atoms with van der Waals surface area (Å²) in [4.78, 5) is 18.3. The number of furan rings is 1. The predicted octanol–water partition coefficient (Wildman–Crippen LogP) is 8.19. The number of aromatic nitrogens is 2. The van der Waals surface area contributed by atoms with Crippen LogP contribution in [0.1, 0.15) is 11.1 Å². The van der Waals surface area contributed by atoms with Crippen LogP contribution in [0.5, 0.6) is 11.5 Å². The lowest BCUT2D eigenvalue weighted by Crippen LogP contribution is -2.20. The molecule has 0 N–H and O–H groups in total. The van der Waals surface area contributed by atoms with Crippen molar-refractivity contribution < 1.29 is 13.9 Å². The number of hydrogen-bond acceptors (Lipinski definition) is 6. The highest BCUT2D eigenvalue weighted by Gasteiger charge is 2.17. The van der Waals surface area contributed by atoms with Gasteiger partial charge in [0.05, 0.1) is 37.8 Å². The molecule has 0 saturated carbocycles. The Morgan fingerprint density at radius 3 is 2.61 bits per heavy atom. The molecule has 0 fully saturated rings. The van der Waals surface area contributed by atoms with Gasteiger partial charge >= 0.3 is 0 Å². The van der Waals surface area contributed by atoms with Crippen molar-refractivity contribution in [2.75, 3.05) is 7.11 Å². The second kappa shape index (κ2) is 11.6. The standard InChI is InChI=1S/C31H20Cl2IN3O4/c1-39-27-14-19(13-24(34)29(27)40-17-18-10-11-22(32)23(33)12-18)16-35-37-30(28-15-20-6-2-5-9-26(20)41-28)36-25-8-4-3-7-21(25)31(37)38/h2-16H,17H2,1H3. The average molecular weight is 696 g/mol. The van der Waals surface area contributed by atoms with E-state index in [-0.39, 0.29) is 12.2 Å². The summed E-state index contributed by atoms with van der Waals surface area (Å²) in [6, 6.07) is 25.6. The lowest BCUT2D eigenvalue weighted by atomic mass is 10.2. The van der Waals surface area contributed by atoms with Gasteiger partial charge in [-0.25, -0.2) is 4.98 Å². The van der Waals surface area contributed by atoms with Gasteiger partial charge in [0.1, 0.15) is 12.2 Å². The van der Waals surface area contributed by atoms with Crippen LogP contribution >= 0.6 is 45.8 Å². The lowest BCUT2D eigenvalue weighted by Gasteiger charge is -2.14. The molecule has 0 aliphatic rings. The van der Waals surface area contributed by atoms with Crippen molar-refractivity contribution in [3.8, 4) is 23.1 Å². The highest BCUT2D eigenvalue weighted by molar-refractivity contribution is 14.1. The third kappa shape index (κ3) is 5.55. The normalized spacial score (nSPS) is 11.5. The Morgan fingerprint density at radius 1 is 1.00 bits per heavy atom. The molecule has 2 heterocycles. The average Bonchev–Trinajstić information content (AvgIpc) is 3.42. The molecule has 0 amide bonds. The first kappa shape index (κ1) is 27.3. The number of halogens is 3. The quantitative estimate of drug-likeness (QED) is 0.124. The van der Waals surface area contributed by atoms with Crippen LogP contribution in [0.2, 0.25) is 10.0 Å². The van der Waals surface area contributed by atoms with Gasteiger partial charge in [-0.1, -0.05) is 59.6 Å². The SMILES string of the molecule is COc1cc(C=Nn2c(-c3cc4ccccc4o3)nc3ccccc3c2=O)cc(I)c1OCc1ccc(Cl)c(Cl)c1. The maximum atomic E-state index is 13.6. The summed E-state index contributed by atoms with van der Waals surface area (Å²) < 4.78 is 19.8. The van der Waals surface area contributed by atoms with E-state index >= 15 is 0 Å². The molecule has 6 rings (SSSR count). The molecule has 2 aromatic heterocycles. The van der Waals surface area contributed by atoms with Gasteiger partial charge in [-0.3, -0.25) is 4.79 Å². The summed E-state index contributed by atoms with van der Waals surface area (Å²) in [6.07, 6.45) is 1.58. The highest BCUT2D eigenvalue weighted by Crippen LogP contribution is 2.35. The molecule has 7 nitrogen and oxygen atoms in total. The summed E-state index contributed by atoms with van der Waals surface area (Å²) in [7, 11) is 1.57. The van der Waals surface area contributed by atoms with Gasteiger partial charge in [-0.05, 0) is 82.2 Å². The Hall–Kier alpha value is -3.86. The molecule has 204 valence electrons. The molecule has 0 bridgehead atoms. The molecule has 6 aromatic rings. The topological polar surface area (TPSA) is 78.9 Å². The van der Waals surface area contributed by atoms with Crippen molar-refractivity contribution in [3.05, 3.63) is 120 Å². The molecule has 0 unspecified atom stereocenters. The van der Waals surface area contributed by atoms with Gasteiger partial charge in [0.2, 0.25) is 5.82 Å². The van der Waals surface area contributed by atoms with Crippen LogP contribution < -0.4 is 15.0 Å². The molecular formula is C31H20Cl2IN3O4. The van der Waals surface area contributed by atoms with E-state index < -0.39 is 0 Å². The Balaban J connectivity index is 1.38. The maximum Gasteiger partial charge on any atom is 0.282 e. The van der Waals surface area contributed by atoms with Crippen molar-refractivity contribution in [1.29, 1.82) is 0 Å². The zero-order valence-corrected chi connectivity index (χ0v) is 25.1. The molecule has 0 atom stereocenters.